The van der Waals surface area contributed by atoms with Crippen molar-refractivity contribution in [3.05, 3.63) is 59.0 Å². The van der Waals surface area contributed by atoms with E-state index in [-0.39, 0.29) is 0 Å². The minimum absolute atomic E-state index is 0.612. The molecule has 148 valence electrons. The summed E-state index contributed by atoms with van der Waals surface area (Å²) in [6, 6.07) is 12.6. The number of nitrogens with zero attached hydrogens (tertiary/aromatic N) is 2. The van der Waals surface area contributed by atoms with Crippen LogP contribution >= 0.6 is 0 Å². The van der Waals surface area contributed by atoms with Gasteiger partial charge in [0.25, 0.3) is 0 Å². The van der Waals surface area contributed by atoms with Gasteiger partial charge in [0.2, 0.25) is 0 Å². The predicted octanol–water partition coefficient (Wildman–Crippen LogP) is 3.15. The standard InChI is InChI=1S/C22H32N2O3/c1-18-4-6-19(7-5-18)16-24(11-10-23-12-14-26-15-13-23)17-20-8-9-21(27-20)22(2,3)25/h4-9,25H,10-17H2,1-3H3. The molecule has 0 atom stereocenters. The maximum atomic E-state index is 10.1. The largest absolute Gasteiger partial charge is 0.462 e. The molecule has 1 fully saturated rings. The molecule has 1 saturated heterocycles. The van der Waals surface area contributed by atoms with E-state index in [9.17, 15) is 5.11 Å². The number of aryl methyl sites for hydroxylation is 1. The van der Waals surface area contributed by atoms with Gasteiger partial charge < -0.3 is 14.3 Å². The molecule has 5 heteroatoms. The summed E-state index contributed by atoms with van der Waals surface area (Å²) in [5.74, 6) is 1.50. The zero-order chi connectivity index (χ0) is 19.3. The fourth-order valence-electron chi connectivity index (χ4n) is 3.29. The molecule has 0 amide bonds. The fraction of sp³-hybridized carbons (Fsp3) is 0.545. The summed E-state index contributed by atoms with van der Waals surface area (Å²) in [7, 11) is 0. The molecule has 1 N–H and O–H groups in total. The van der Waals surface area contributed by atoms with Gasteiger partial charge in [-0.3, -0.25) is 9.80 Å². The number of morpholine rings is 1. The fourth-order valence-corrected chi connectivity index (χ4v) is 3.29. The molecule has 3 rings (SSSR count). The van der Waals surface area contributed by atoms with Gasteiger partial charge in [0.1, 0.15) is 17.1 Å². The van der Waals surface area contributed by atoms with E-state index >= 15 is 0 Å². The highest BCUT2D eigenvalue weighted by Crippen LogP contribution is 2.23. The predicted molar refractivity (Wildman–Crippen MR) is 107 cm³/mol. The molecule has 0 unspecified atom stereocenters. The van der Waals surface area contributed by atoms with Crippen LogP contribution in [0.3, 0.4) is 0 Å². The van der Waals surface area contributed by atoms with Crippen LogP contribution in [0.2, 0.25) is 0 Å². The maximum absolute atomic E-state index is 10.1. The zero-order valence-electron chi connectivity index (χ0n) is 16.8. The van der Waals surface area contributed by atoms with Gasteiger partial charge >= 0.3 is 0 Å². The van der Waals surface area contributed by atoms with Gasteiger partial charge in [0, 0.05) is 32.7 Å². The van der Waals surface area contributed by atoms with E-state index in [4.69, 9.17) is 9.15 Å². The minimum atomic E-state index is -0.951. The average Bonchev–Trinajstić information content (AvgIpc) is 3.11. The molecule has 1 aromatic carbocycles. The van der Waals surface area contributed by atoms with Crippen molar-refractivity contribution in [1.29, 1.82) is 0 Å². The van der Waals surface area contributed by atoms with E-state index in [1.807, 2.05) is 12.1 Å². The Labute approximate surface area is 162 Å². The lowest BCUT2D eigenvalue weighted by atomic mass is 10.1. The lowest BCUT2D eigenvalue weighted by Crippen LogP contribution is -2.41. The molecule has 1 aromatic heterocycles. The molecule has 1 aliphatic rings. The highest BCUT2D eigenvalue weighted by atomic mass is 16.5. The third kappa shape index (κ3) is 6.18. The Morgan fingerprint density at radius 1 is 1.04 bits per heavy atom. The molecule has 2 aromatic rings. The zero-order valence-corrected chi connectivity index (χ0v) is 16.8. The molecule has 0 radical (unpaired) electrons. The molecule has 0 spiro atoms. The van der Waals surface area contributed by atoms with Crippen LogP contribution in [-0.2, 0) is 23.4 Å². The first-order chi connectivity index (χ1) is 12.9. The van der Waals surface area contributed by atoms with Gasteiger partial charge in [-0.1, -0.05) is 29.8 Å². The quantitative estimate of drug-likeness (QED) is 0.771. The SMILES string of the molecule is Cc1ccc(CN(CCN2CCOCC2)Cc2ccc(C(C)(C)O)o2)cc1. The topological polar surface area (TPSA) is 49.1 Å². The summed E-state index contributed by atoms with van der Waals surface area (Å²) in [4.78, 5) is 4.86. The van der Waals surface area contributed by atoms with Crippen LogP contribution in [-0.4, -0.2) is 54.3 Å². The lowest BCUT2D eigenvalue weighted by Gasteiger charge is -2.30. The number of aliphatic hydroxyl groups is 1. The molecule has 5 nitrogen and oxygen atoms in total. The first-order valence-electron chi connectivity index (χ1n) is 9.80. The Hall–Kier alpha value is -1.66. The van der Waals surface area contributed by atoms with Crippen LogP contribution in [0.5, 0.6) is 0 Å². The van der Waals surface area contributed by atoms with Crippen molar-refractivity contribution >= 4 is 0 Å². The monoisotopic (exact) mass is 372 g/mol. The van der Waals surface area contributed by atoms with Gasteiger partial charge in [-0.05, 0) is 38.5 Å². The molecule has 0 aliphatic carbocycles. The first kappa shape index (κ1) is 20.1. The van der Waals surface area contributed by atoms with Crippen molar-refractivity contribution in [2.24, 2.45) is 0 Å². The number of rotatable bonds is 8. The summed E-state index contributed by atoms with van der Waals surface area (Å²) < 4.78 is 11.4. The van der Waals surface area contributed by atoms with Crippen LogP contribution in [0.25, 0.3) is 0 Å². The molecule has 0 bridgehead atoms. The van der Waals surface area contributed by atoms with Crippen molar-refractivity contribution in [2.45, 2.75) is 39.5 Å². The third-order valence-corrected chi connectivity index (χ3v) is 5.01. The number of benzene rings is 1. The van der Waals surface area contributed by atoms with Crippen LogP contribution in [0.1, 0.15) is 36.5 Å². The second-order valence-electron chi connectivity index (χ2n) is 7.98. The second-order valence-corrected chi connectivity index (χ2v) is 7.98. The summed E-state index contributed by atoms with van der Waals surface area (Å²) >= 11 is 0. The van der Waals surface area contributed by atoms with Crippen molar-refractivity contribution in [3.63, 3.8) is 0 Å². The van der Waals surface area contributed by atoms with Crippen molar-refractivity contribution in [2.75, 3.05) is 39.4 Å². The molecule has 2 heterocycles. The third-order valence-electron chi connectivity index (χ3n) is 5.01. The van der Waals surface area contributed by atoms with E-state index in [0.717, 1.165) is 58.2 Å². The van der Waals surface area contributed by atoms with Crippen molar-refractivity contribution in [1.82, 2.24) is 9.80 Å². The van der Waals surface area contributed by atoms with E-state index in [1.54, 1.807) is 13.8 Å². The molecular weight excluding hydrogens is 340 g/mol. The molecule has 1 aliphatic heterocycles. The molecule has 27 heavy (non-hydrogen) atoms. The average molecular weight is 373 g/mol. The summed E-state index contributed by atoms with van der Waals surface area (Å²) in [5, 5.41) is 10.1. The van der Waals surface area contributed by atoms with Gasteiger partial charge in [-0.15, -0.1) is 0 Å². The lowest BCUT2D eigenvalue weighted by molar-refractivity contribution is 0.0316. The summed E-state index contributed by atoms with van der Waals surface area (Å²) in [6.07, 6.45) is 0. The number of furan rings is 1. The van der Waals surface area contributed by atoms with Gasteiger partial charge in [0.15, 0.2) is 0 Å². The van der Waals surface area contributed by atoms with E-state index in [1.165, 1.54) is 11.1 Å². The number of hydrogen-bond acceptors (Lipinski definition) is 5. The van der Waals surface area contributed by atoms with Gasteiger partial charge in [-0.25, -0.2) is 0 Å². The summed E-state index contributed by atoms with van der Waals surface area (Å²) in [6.45, 7) is 12.9. The van der Waals surface area contributed by atoms with Crippen molar-refractivity contribution in [3.8, 4) is 0 Å². The highest BCUT2D eigenvalue weighted by molar-refractivity contribution is 5.21. The van der Waals surface area contributed by atoms with E-state index < -0.39 is 5.60 Å². The highest BCUT2D eigenvalue weighted by Gasteiger charge is 2.21. The van der Waals surface area contributed by atoms with Gasteiger partial charge in [0.05, 0.1) is 19.8 Å². The van der Waals surface area contributed by atoms with Crippen LogP contribution in [0, 0.1) is 6.92 Å². The number of ether oxygens (including phenoxy) is 1. The minimum Gasteiger partial charge on any atom is -0.462 e. The second kappa shape index (κ2) is 9.02. The van der Waals surface area contributed by atoms with Crippen LogP contribution in [0.15, 0.2) is 40.8 Å². The van der Waals surface area contributed by atoms with Crippen LogP contribution < -0.4 is 0 Å². The van der Waals surface area contributed by atoms with Crippen LogP contribution in [0.4, 0.5) is 0 Å². The van der Waals surface area contributed by atoms with Gasteiger partial charge in [-0.2, -0.15) is 0 Å². The Bertz CT molecular complexity index is 697. The normalized spacial score (nSPS) is 16.2. The molecule has 0 saturated carbocycles. The van der Waals surface area contributed by atoms with E-state index in [0.29, 0.717) is 5.76 Å². The Morgan fingerprint density at radius 3 is 2.37 bits per heavy atom. The smallest absolute Gasteiger partial charge is 0.135 e. The first-order valence-corrected chi connectivity index (χ1v) is 9.80. The Kier molecular flexibility index (Phi) is 6.71. The Balaban J connectivity index is 1.65. The van der Waals surface area contributed by atoms with Crippen molar-refractivity contribution < 1.29 is 14.3 Å². The molecular formula is C22H32N2O3. The maximum Gasteiger partial charge on any atom is 0.135 e. The summed E-state index contributed by atoms with van der Waals surface area (Å²) in [5.41, 5.74) is 1.63. The number of hydrogen-bond donors (Lipinski definition) is 1. The van der Waals surface area contributed by atoms with E-state index in [2.05, 4.69) is 41.0 Å². The Morgan fingerprint density at radius 2 is 1.74 bits per heavy atom.